The second-order valence-corrected chi connectivity index (χ2v) is 7.13. The minimum Gasteiger partial charge on any atom is -0.351 e. The zero-order chi connectivity index (χ0) is 17.3. The van der Waals surface area contributed by atoms with Crippen LogP contribution < -0.4 is 5.73 Å². The van der Waals surface area contributed by atoms with E-state index in [1.165, 1.54) is 16.2 Å². The molecule has 0 radical (unpaired) electrons. The summed E-state index contributed by atoms with van der Waals surface area (Å²) in [7, 11) is 0. The smallest absolute Gasteiger partial charge is 0.315 e. The maximum Gasteiger partial charge on any atom is 0.315 e. The van der Waals surface area contributed by atoms with E-state index in [-0.39, 0.29) is 6.54 Å². The van der Waals surface area contributed by atoms with Gasteiger partial charge >= 0.3 is 6.03 Å². The fraction of sp³-hybridized carbons (Fsp3) is 0.250. The molecule has 3 rings (SSSR count). The van der Waals surface area contributed by atoms with Crippen molar-refractivity contribution in [1.82, 2.24) is 9.96 Å². The first-order valence-electron chi connectivity index (χ1n) is 7.35. The summed E-state index contributed by atoms with van der Waals surface area (Å²) >= 11 is 7.17. The Hall–Kier alpha value is -2.09. The van der Waals surface area contributed by atoms with Crippen LogP contribution in [0.2, 0.25) is 5.02 Å². The summed E-state index contributed by atoms with van der Waals surface area (Å²) in [6, 6.07) is 8.18. The Labute approximate surface area is 148 Å². The van der Waals surface area contributed by atoms with Crippen LogP contribution in [0.1, 0.15) is 25.7 Å². The standard InChI is InChI=1S/C16H16ClN3O3S/c17-12-3-1-10(2-4-12)8-20(23)15(21)14-7-11-9-19(16(18)22)6-5-13(11)24-14/h1-4,7,23H,5-6,8-9H2,(H2,18,22). The number of thiophene rings is 1. The largest absolute Gasteiger partial charge is 0.351 e. The Kier molecular flexibility index (Phi) is 4.75. The molecule has 0 spiro atoms. The van der Waals surface area contributed by atoms with Gasteiger partial charge in [-0.3, -0.25) is 10.0 Å². The molecule has 1 aromatic heterocycles. The van der Waals surface area contributed by atoms with Gasteiger partial charge in [-0.2, -0.15) is 0 Å². The van der Waals surface area contributed by atoms with Crippen molar-refractivity contribution < 1.29 is 14.8 Å². The SMILES string of the molecule is NC(=O)N1CCc2sc(C(=O)N(O)Cc3ccc(Cl)cc3)cc2C1. The number of primary amides is 1. The molecule has 0 atom stereocenters. The number of rotatable bonds is 3. The van der Waals surface area contributed by atoms with Crippen LogP contribution in [0.15, 0.2) is 30.3 Å². The number of benzene rings is 1. The number of nitrogens with zero attached hydrogens (tertiary/aromatic N) is 2. The molecule has 24 heavy (non-hydrogen) atoms. The van der Waals surface area contributed by atoms with Gasteiger partial charge < -0.3 is 10.6 Å². The molecule has 0 aliphatic carbocycles. The molecule has 1 aromatic carbocycles. The summed E-state index contributed by atoms with van der Waals surface area (Å²) in [5, 5.41) is 11.4. The lowest BCUT2D eigenvalue weighted by molar-refractivity contribution is -0.0644. The molecule has 0 saturated heterocycles. The summed E-state index contributed by atoms with van der Waals surface area (Å²) in [6.45, 7) is 1.02. The summed E-state index contributed by atoms with van der Waals surface area (Å²) in [5.41, 5.74) is 6.99. The van der Waals surface area contributed by atoms with Gasteiger partial charge in [0.15, 0.2) is 0 Å². The Morgan fingerprint density at radius 2 is 2.04 bits per heavy atom. The van der Waals surface area contributed by atoms with Gasteiger partial charge in [0, 0.05) is 23.0 Å². The number of urea groups is 1. The number of amides is 3. The van der Waals surface area contributed by atoms with Crippen LogP contribution in [0, 0.1) is 0 Å². The van der Waals surface area contributed by atoms with Crippen molar-refractivity contribution in [1.29, 1.82) is 0 Å². The van der Waals surface area contributed by atoms with E-state index in [0.29, 0.717) is 34.5 Å². The number of nitrogens with two attached hydrogens (primary N) is 1. The maximum atomic E-state index is 12.4. The number of halogens is 1. The third-order valence-corrected chi connectivity index (χ3v) is 5.35. The highest BCUT2D eigenvalue weighted by Crippen LogP contribution is 2.29. The van der Waals surface area contributed by atoms with E-state index >= 15 is 0 Å². The van der Waals surface area contributed by atoms with Crippen LogP contribution in [-0.2, 0) is 19.5 Å². The van der Waals surface area contributed by atoms with Crippen molar-refractivity contribution in [3.05, 3.63) is 56.2 Å². The molecule has 1 aliphatic rings. The lowest BCUT2D eigenvalue weighted by atomic mass is 10.1. The van der Waals surface area contributed by atoms with E-state index in [4.69, 9.17) is 17.3 Å². The average molecular weight is 366 g/mol. The Morgan fingerprint density at radius 1 is 1.33 bits per heavy atom. The van der Waals surface area contributed by atoms with Crippen LogP contribution in [0.25, 0.3) is 0 Å². The van der Waals surface area contributed by atoms with Crippen LogP contribution in [-0.4, -0.2) is 33.7 Å². The third-order valence-electron chi connectivity index (χ3n) is 3.87. The van der Waals surface area contributed by atoms with Crippen molar-refractivity contribution in [3.63, 3.8) is 0 Å². The third kappa shape index (κ3) is 3.53. The topological polar surface area (TPSA) is 86.9 Å². The predicted octanol–water partition coefficient (Wildman–Crippen LogP) is 2.87. The molecule has 3 amide bonds. The number of carbonyl (C=O) groups is 2. The van der Waals surface area contributed by atoms with Crippen LogP contribution in [0.3, 0.4) is 0 Å². The molecule has 126 valence electrons. The first-order chi connectivity index (χ1) is 11.4. The molecule has 0 unspecified atom stereocenters. The molecule has 0 saturated carbocycles. The molecule has 2 heterocycles. The lowest BCUT2D eigenvalue weighted by Gasteiger charge is -2.24. The Balaban J connectivity index is 1.71. The van der Waals surface area contributed by atoms with Gasteiger partial charge in [-0.15, -0.1) is 11.3 Å². The summed E-state index contributed by atoms with van der Waals surface area (Å²) in [4.78, 5) is 26.7. The average Bonchev–Trinajstić information content (AvgIpc) is 2.99. The highest BCUT2D eigenvalue weighted by molar-refractivity contribution is 7.14. The highest BCUT2D eigenvalue weighted by atomic mass is 35.5. The summed E-state index contributed by atoms with van der Waals surface area (Å²) in [6.07, 6.45) is 0.666. The number of hydrogen-bond acceptors (Lipinski definition) is 4. The van der Waals surface area contributed by atoms with E-state index < -0.39 is 11.9 Å². The quantitative estimate of drug-likeness (QED) is 0.647. The number of carbonyl (C=O) groups excluding carboxylic acids is 2. The fourth-order valence-corrected chi connectivity index (χ4v) is 3.82. The van der Waals surface area contributed by atoms with E-state index in [9.17, 15) is 14.8 Å². The molecular weight excluding hydrogens is 350 g/mol. The highest BCUT2D eigenvalue weighted by Gasteiger charge is 2.24. The molecule has 0 bridgehead atoms. The maximum absolute atomic E-state index is 12.4. The summed E-state index contributed by atoms with van der Waals surface area (Å²) in [5.74, 6) is -0.463. The van der Waals surface area contributed by atoms with Gasteiger partial charge in [0.05, 0.1) is 11.4 Å². The minimum absolute atomic E-state index is 0.0754. The van der Waals surface area contributed by atoms with E-state index in [2.05, 4.69) is 0 Å². The Bertz CT molecular complexity index is 775. The first-order valence-corrected chi connectivity index (χ1v) is 8.54. The minimum atomic E-state index is -0.466. The predicted molar refractivity (Wildman–Crippen MR) is 91.1 cm³/mol. The van der Waals surface area contributed by atoms with Crippen molar-refractivity contribution >= 4 is 34.9 Å². The number of hydroxylamine groups is 2. The zero-order valence-corrected chi connectivity index (χ0v) is 14.3. The lowest BCUT2D eigenvalue weighted by Crippen LogP contribution is -2.38. The zero-order valence-electron chi connectivity index (χ0n) is 12.7. The molecule has 2 aromatic rings. The molecule has 6 nitrogen and oxygen atoms in total. The van der Waals surface area contributed by atoms with Crippen LogP contribution in [0.4, 0.5) is 4.79 Å². The van der Waals surface area contributed by atoms with Gasteiger partial charge in [-0.25, -0.2) is 9.86 Å². The van der Waals surface area contributed by atoms with Gasteiger partial charge in [0.25, 0.3) is 5.91 Å². The van der Waals surface area contributed by atoms with Crippen molar-refractivity contribution in [2.75, 3.05) is 6.54 Å². The van der Waals surface area contributed by atoms with E-state index in [1.54, 1.807) is 30.3 Å². The van der Waals surface area contributed by atoms with Gasteiger partial charge in [-0.05, 0) is 35.7 Å². The molecule has 3 N–H and O–H groups in total. The van der Waals surface area contributed by atoms with E-state index in [0.717, 1.165) is 16.0 Å². The molecule has 8 heteroatoms. The second-order valence-electron chi connectivity index (χ2n) is 5.56. The number of hydrogen-bond donors (Lipinski definition) is 2. The number of fused-ring (bicyclic) bond motifs is 1. The second kappa shape index (κ2) is 6.80. The summed E-state index contributed by atoms with van der Waals surface area (Å²) < 4.78 is 0. The van der Waals surface area contributed by atoms with Crippen molar-refractivity contribution in [3.8, 4) is 0 Å². The van der Waals surface area contributed by atoms with Gasteiger partial charge in [0.2, 0.25) is 0 Å². The molecule has 0 fully saturated rings. The first kappa shape index (κ1) is 16.8. The van der Waals surface area contributed by atoms with Crippen molar-refractivity contribution in [2.45, 2.75) is 19.5 Å². The van der Waals surface area contributed by atoms with Gasteiger partial charge in [-0.1, -0.05) is 23.7 Å². The van der Waals surface area contributed by atoms with Crippen molar-refractivity contribution in [2.24, 2.45) is 5.73 Å². The monoisotopic (exact) mass is 365 g/mol. The normalized spacial score (nSPS) is 13.5. The Morgan fingerprint density at radius 3 is 2.71 bits per heavy atom. The van der Waals surface area contributed by atoms with E-state index in [1.807, 2.05) is 0 Å². The van der Waals surface area contributed by atoms with Crippen LogP contribution >= 0.6 is 22.9 Å². The van der Waals surface area contributed by atoms with Gasteiger partial charge in [0.1, 0.15) is 0 Å². The molecular formula is C16H16ClN3O3S. The fourth-order valence-electron chi connectivity index (χ4n) is 2.59. The molecule has 1 aliphatic heterocycles. The van der Waals surface area contributed by atoms with Crippen LogP contribution in [0.5, 0.6) is 0 Å².